The van der Waals surface area contributed by atoms with E-state index >= 15 is 0 Å². The van der Waals surface area contributed by atoms with Crippen molar-refractivity contribution in [2.75, 3.05) is 4.90 Å². The molecular formula is C15H10ClF2N. The minimum Gasteiger partial charge on any atom is -0.328 e. The topological polar surface area (TPSA) is 3.24 Å². The van der Waals surface area contributed by atoms with Gasteiger partial charge in [-0.1, -0.05) is 17.7 Å². The monoisotopic (exact) mass is 277 g/mol. The van der Waals surface area contributed by atoms with E-state index < -0.39 is 0 Å². The number of halogens is 3. The van der Waals surface area contributed by atoms with Gasteiger partial charge < -0.3 is 4.90 Å². The van der Waals surface area contributed by atoms with Crippen LogP contribution in [0.4, 0.5) is 14.5 Å². The van der Waals surface area contributed by atoms with Crippen molar-refractivity contribution >= 4 is 23.4 Å². The average molecular weight is 278 g/mol. The van der Waals surface area contributed by atoms with Crippen molar-refractivity contribution in [1.29, 1.82) is 0 Å². The minimum atomic E-state index is -0.289. The van der Waals surface area contributed by atoms with Gasteiger partial charge in [-0.05, 0) is 53.6 Å². The Kier molecular flexibility index (Phi) is 2.99. The second-order valence-electron chi connectivity index (χ2n) is 4.37. The molecule has 0 bridgehead atoms. The summed E-state index contributed by atoms with van der Waals surface area (Å²) in [6, 6.07) is 10.7. The van der Waals surface area contributed by atoms with Crippen LogP contribution in [-0.2, 0) is 6.54 Å². The van der Waals surface area contributed by atoms with Gasteiger partial charge in [0.25, 0.3) is 0 Å². The lowest BCUT2D eigenvalue weighted by Gasteiger charge is -2.28. The first kappa shape index (κ1) is 12.2. The molecule has 1 aliphatic heterocycles. The van der Waals surface area contributed by atoms with Crippen LogP contribution in [0.25, 0.3) is 6.08 Å². The highest BCUT2D eigenvalue weighted by molar-refractivity contribution is 6.33. The summed E-state index contributed by atoms with van der Waals surface area (Å²) >= 11 is 6.21. The quantitative estimate of drug-likeness (QED) is 0.693. The Morgan fingerprint density at radius 3 is 2.37 bits per heavy atom. The maximum Gasteiger partial charge on any atom is 0.123 e. The van der Waals surface area contributed by atoms with E-state index in [-0.39, 0.29) is 11.6 Å². The van der Waals surface area contributed by atoms with Crippen molar-refractivity contribution in [2.24, 2.45) is 0 Å². The molecule has 2 aromatic rings. The third kappa shape index (κ3) is 2.34. The first-order valence-electron chi connectivity index (χ1n) is 5.82. The van der Waals surface area contributed by atoms with Crippen LogP contribution in [0, 0.1) is 11.6 Å². The van der Waals surface area contributed by atoms with Gasteiger partial charge in [-0.2, -0.15) is 0 Å². The Morgan fingerprint density at radius 1 is 0.947 bits per heavy atom. The molecule has 0 spiro atoms. The second kappa shape index (κ2) is 4.67. The first-order chi connectivity index (χ1) is 9.13. The van der Waals surface area contributed by atoms with Crippen LogP contribution in [0.1, 0.15) is 11.1 Å². The lowest BCUT2D eigenvalue weighted by molar-refractivity contribution is 0.625. The molecule has 0 aromatic heterocycles. The van der Waals surface area contributed by atoms with Gasteiger partial charge in [-0.15, -0.1) is 0 Å². The molecule has 2 aromatic carbocycles. The van der Waals surface area contributed by atoms with Crippen molar-refractivity contribution < 1.29 is 8.78 Å². The zero-order valence-electron chi connectivity index (χ0n) is 9.91. The molecule has 0 amide bonds. The molecule has 0 atom stereocenters. The van der Waals surface area contributed by atoms with Crippen LogP contribution in [-0.4, -0.2) is 0 Å². The summed E-state index contributed by atoms with van der Waals surface area (Å²) in [4.78, 5) is 1.85. The number of benzene rings is 2. The molecule has 1 aliphatic rings. The van der Waals surface area contributed by atoms with Crippen molar-refractivity contribution in [3.63, 3.8) is 0 Å². The van der Waals surface area contributed by atoms with Crippen LogP contribution in [0.3, 0.4) is 0 Å². The van der Waals surface area contributed by atoms with Crippen LogP contribution in [0.15, 0.2) is 47.6 Å². The van der Waals surface area contributed by atoms with Gasteiger partial charge in [0, 0.05) is 12.2 Å². The standard InChI is InChI=1S/C15H10ClF2N/c16-15-8-11-7-13(18)2-1-10(11)9-19(15)14-5-3-12(17)4-6-14/h1-8H,9H2. The van der Waals surface area contributed by atoms with E-state index in [0.717, 1.165) is 16.8 Å². The van der Waals surface area contributed by atoms with Crippen molar-refractivity contribution in [3.8, 4) is 0 Å². The second-order valence-corrected chi connectivity index (χ2v) is 4.76. The lowest BCUT2D eigenvalue weighted by Crippen LogP contribution is -2.22. The first-order valence-corrected chi connectivity index (χ1v) is 6.20. The highest BCUT2D eigenvalue weighted by Crippen LogP contribution is 2.31. The lowest BCUT2D eigenvalue weighted by atomic mass is 10.0. The zero-order chi connectivity index (χ0) is 13.4. The molecule has 96 valence electrons. The number of hydrogen-bond acceptors (Lipinski definition) is 1. The molecule has 1 heterocycles. The average Bonchev–Trinajstić information content (AvgIpc) is 2.39. The maximum absolute atomic E-state index is 13.2. The third-order valence-electron chi connectivity index (χ3n) is 3.11. The minimum absolute atomic E-state index is 0.283. The van der Waals surface area contributed by atoms with Crippen LogP contribution < -0.4 is 4.90 Å². The summed E-state index contributed by atoms with van der Waals surface area (Å²) in [5, 5.41) is 0.490. The highest BCUT2D eigenvalue weighted by atomic mass is 35.5. The Hall–Kier alpha value is -1.87. The van der Waals surface area contributed by atoms with Gasteiger partial charge in [0.1, 0.15) is 16.8 Å². The van der Waals surface area contributed by atoms with Crippen molar-refractivity contribution in [3.05, 3.63) is 70.4 Å². The molecule has 0 unspecified atom stereocenters. The molecule has 3 rings (SSSR count). The number of fused-ring (bicyclic) bond motifs is 1. The fourth-order valence-electron chi connectivity index (χ4n) is 2.13. The molecule has 0 saturated carbocycles. The molecular weight excluding hydrogens is 268 g/mol. The molecule has 1 nitrogen and oxygen atoms in total. The number of nitrogens with zero attached hydrogens (tertiary/aromatic N) is 1. The van der Waals surface area contributed by atoms with E-state index in [1.165, 1.54) is 24.3 Å². The normalized spacial score (nSPS) is 14.1. The van der Waals surface area contributed by atoms with E-state index in [2.05, 4.69) is 0 Å². The number of hydrogen-bond donors (Lipinski definition) is 0. The molecule has 4 heteroatoms. The van der Waals surface area contributed by atoms with Crippen molar-refractivity contribution in [1.82, 2.24) is 0 Å². The fourth-order valence-corrected chi connectivity index (χ4v) is 2.41. The molecule has 0 fully saturated rings. The molecule has 19 heavy (non-hydrogen) atoms. The Labute approximate surface area is 114 Å². The Morgan fingerprint density at radius 2 is 1.63 bits per heavy atom. The van der Waals surface area contributed by atoms with E-state index in [1.54, 1.807) is 24.3 Å². The third-order valence-corrected chi connectivity index (χ3v) is 3.42. The Bertz CT molecular complexity index is 650. The molecule has 0 radical (unpaired) electrons. The molecule has 0 aliphatic carbocycles. The number of anilines is 1. The molecule has 0 saturated heterocycles. The van der Waals surface area contributed by atoms with Crippen LogP contribution >= 0.6 is 11.6 Å². The maximum atomic E-state index is 13.2. The van der Waals surface area contributed by atoms with E-state index in [4.69, 9.17) is 11.6 Å². The highest BCUT2D eigenvalue weighted by Gasteiger charge is 2.18. The SMILES string of the molecule is Fc1ccc(N2Cc3ccc(F)cc3C=C2Cl)cc1. The summed E-state index contributed by atoms with van der Waals surface area (Å²) in [6.07, 6.45) is 1.72. The molecule has 0 N–H and O–H groups in total. The van der Waals surface area contributed by atoms with Crippen LogP contribution in [0.2, 0.25) is 0 Å². The predicted octanol–water partition coefficient (Wildman–Crippen LogP) is 4.52. The summed E-state index contributed by atoms with van der Waals surface area (Å²) in [5.41, 5.74) is 2.57. The smallest absolute Gasteiger partial charge is 0.123 e. The van der Waals surface area contributed by atoms with Gasteiger partial charge in [-0.3, -0.25) is 0 Å². The largest absolute Gasteiger partial charge is 0.328 e. The summed E-state index contributed by atoms with van der Waals surface area (Å²) in [6.45, 7) is 0.538. The van der Waals surface area contributed by atoms with Gasteiger partial charge in [0.2, 0.25) is 0 Å². The van der Waals surface area contributed by atoms with Gasteiger partial charge >= 0.3 is 0 Å². The van der Waals surface area contributed by atoms with Crippen LogP contribution in [0.5, 0.6) is 0 Å². The van der Waals surface area contributed by atoms with E-state index in [0.29, 0.717) is 11.7 Å². The zero-order valence-corrected chi connectivity index (χ0v) is 10.7. The van der Waals surface area contributed by atoms with Crippen molar-refractivity contribution in [2.45, 2.75) is 6.54 Å². The summed E-state index contributed by atoms with van der Waals surface area (Å²) in [5.74, 6) is -0.571. The fraction of sp³-hybridized carbons (Fsp3) is 0.0667. The van der Waals surface area contributed by atoms with Gasteiger partial charge in [0.05, 0.1) is 0 Å². The summed E-state index contributed by atoms with van der Waals surface area (Å²) in [7, 11) is 0. The summed E-state index contributed by atoms with van der Waals surface area (Å²) < 4.78 is 26.1. The van der Waals surface area contributed by atoms with Gasteiger partial charge in [0.15, 0.2) is 0 Å². The van der Waals surface area contributed by atoms with E-state index in [1.807, 2.05) is 4.90 Å². The number of rotatable bonds is 1. The predicted molar refractivity (Wildman–Crippen MR) is 72.8 cm³/mol. The van der Waals surface area contributed by atoms with E-state index in [9.17, 15) is 8.78 Å². The Balaban J connectivity index is 1.99. The van der Waals surface area contributed by atoms with Gasteiger partial charge in [-0.25, -0.2) is 8.78 Å².